The first kappa shape index (κ1) is 31.3. The Morgan fingerprint density at radius 3 is 1.52 bits per heavy atom. The molecular formula is C35H34O7S2. The normalized spacial score (nSPS) is 14.4. The van der Waals surface area contributed by atoms with Crippen LogP contribution in [0.5, 0.6) is 0 Å². The van der Waals surface area contributed by atoms with E-state index in [4.69, 9.17) is 5.11 Å². The van der Waals surface area contributed by atoms with Gasteiger partial charge < -0.3 is 9.90 Å². The van der Waals surface area contributed by atoms with E-state index in [0.717, 1.165) is 58.2 Å². The molecule has 2 aliphatic heterocycles. The van der Waals surface area contributed by atoms with Gasteiger partial charge in [-0.1, -0.05) is 43.3 Å². The largest absolute Gasteiger partial charge is 0.481 e. The molecule has 228 valence electrons. The Hall–Kier alpha value is -4.08. The number of carboxylic acids is 1. The molecular weight excluding hydrogens is 597 g/mol. The Labute approximate surface area is 258 Å². The van der Waals surface area contributed by atoms with Crippen LogP contribution < -0.4 is 0 Å². The van der Waals surface area contributed by atoms with Crippen molar-refractivity contribution in [2.75, 3.05) is 0 Å². The van der Waals surface area contributed by atoms with Crippen LogP contribution in [-0.4, -0.2) is 33.7 Å². The minimum absolute atomic E-state index is 0.117. The molecule has 0 amide bonds. The maximum atomic E-state index is 12.6. The van der Waals surface area contributed by atoms with Gasteiger partial charge in [0.25, 0.3) is 0 Å². The molecule has 1 N–H and O–H groups in total. The Kier molecular flexibility index (Phi) is 8.90. The van der Waals surface area contributed by atoms with Crippen molar-refractivity contribution in [1.82, 2.24) is 0 Å². The molecule has 0 unspecified atom stereocenters. The summed E-state index contributed by atoms with van der Waals surface area (Å²) in [6.45, 7) is 3.62. The first-order valence-corrected chi connectivity index (χ1v) is 17.6. The third-order valence-corrected chi connectivity index (χ3v) is 11.8. The fraction of sp³-hybridized carbons (Fsp3) is 0.257. The summed E-state index contributed by atoms with van der Waals surface area (Å²) in [5.74, 6) is -0.629. The van der Waals surface area contributed by atoms with Gasteiger partial charge in [-0.3, -0.25) is 4.79 Å². The van der Waals surface area contributed by atoms with Crippen molar-refractivity contribution in [3.8, 4) is 22.3 Å². The average Bonchev–Trinajstić information content (AvgIpc) is 3.36. The lowest BCUT2D eigenvalue weighted by molar-refractivity contribution is -0.137. The van der Waals surface area contributed by atoms with E-state index < -0.39 is 25.6 Å². The van der Waals surface area contributed by atoms with Crippen LogP contribution >= 0.6 is 0 Å². The summed E-state index contributed by atoms with van der Waals surface area (Å²) in [5.41, 5.74) is 6.20. The Bertz CT molecular complexity index is 1990. The molecule has 0 saturated heterocycles. The number of Topliss-reactive ketones (excluding diaryl/α,β-unsaturated/α-hetero) is 1. The van der Waals surface area contributed by atoms with Gasteiger partial charge in [0.2, 0.25) is 19.7 Å². The molecule has 0 aliphatic carbocycles. The van der Waals surface area contributed by atoms with Crippen LogP contribution in [0, 0.1) is 0 Å². The molecule has 0 saturated carbocycles. The molecule has 2 heterocycles. The first-order valence-electron chi connectivity index (χ1n) is 14.6. The molecule has 0 radical (unpaired) electrons. The van der Waals surface area contributed by atoms with Crippen molar-refractivity contribution in [2.45, 2.75) is 78.4 Å². The predicted molar refractivity (Wildman–Crippen MR) is 168 cm³/mol. The van der Waals surface area contributed by atoms with Crippen LogP contribution in [0.2, 0.25) is 0 Å². The number of rotatable bonds is 9. The van der Waals surface area contributed by atoms with Crippen molar-refractivity contribution in [2.24, 2.45) is 0 Å². The van der Waals surface area contributed by atoms with E-state index in [-0.39, 0.29) is 12.2 Å². The van der Waals surface area contributed by atoms with Crippen molar-refractivity contribution >= 4 is 31.4 Å². The van der Waals surface area contributed by atoms with Crippen LogP contribution in [-0.2, 0) is 48.5 Å². The molecule has 0 fully saturated rings. The smallest absolute Gasteiger partial charge is 0.303 e. The lowest BCUT2D eigenvalue weighted by Crippen LogP contribution is -1.98. The number of ketones is 1. The van der Waals surface area contributed by atoms with E-state index in [1.54, 1.807) is 43.3 Å². The van der Waals surface area contributed by atoms with Crippen LogP contribution in [0.15, 0.2) is 98.4 Å². The second kappa shape index (κ2) is 12.5. The molecule has 4 aromatic carbocycles. The second-order valence-electron chi connectivity index (χ2n) is 11.2. The van der Waals surface area contributed by atoms with Gasteiger partial charge in [0.1, 0.15) is 5.78 Å². The highest BCUT2D eigenvalue weighted by Crippen LogP contribution is 2.45. The van der Waals surface area contributed by atoms with Crippen molar-refractivity contribution in [1.29, 1.82) is 0 Å². The monoisotopic (exact) mass is 630 g/mol. The highest BCUT2D eigenvalue weighted by molar-refractivity contribution is 7.92. The summed E-state index contributed by atoms with van der Waals surface area (Å²) in [4.78, 5) is 23.1. The molecule has 0 aromatic heterocycles. The zero-order valence-electron chi connectivity index (χ0n) is 24.7. The Balaban J connectivity index is 0.000000175. The van der Waals surface area contributed by atoms with Gasteiger partial charge in [0.15, 0.2) is 0 Å². The molecule has 0 spiro atoms. The quantitative estimate of drug-likeness (QED) is 0.185. The molecule has 44 heavy (non-hydrogen) atoms. The van der Waals surface area contributed by atoms with E-state index in [0.29, 0.717) is 38.8 Å². The number of carboxylic acid groups (broad SMARTS) is 1. The van der Waals surface area contributed by atoms with E-state index in [9.17, 15) is 26.4 Å². The number of aryl methyl sites for hydroxylation is 3. The summed E-state index contributed by atoms with van der Waals surface area (Å²) in [7, 11) is -6.80. The van der Waals surface area contributed by atoms with Crippen LogP contribution in [0.4, 0.5) is 0 Å². The number of carbonyl (C=O) groups is 2. The van der Waals surface area contributed by atoms with Crippen LogP contribution in [0.25, 0.3) is 22.3 Å². The maximum absolute atomic E-state index is 12.6. The highest BCUT2D eigenvalue weighted by Gasteiger charge is 2.33. The molecule has 2 aliphatic rings. The molecule has 9 heteroatoms. The van der Waals surface area contributed by atoms with Gasteiger partial charge in [0.05, 0.1) is 19.6 Å². The molecule has 0 atom stereocenters. The third kappa shape index (κ3) is 6.12. The minimum atomic E-state index is -3.43. The highest BCUT2D eigenvalue weighted by atomic mass is 32.2. The van der Waals surface area contributed by atoms with Gasteiger partial charge in [-0.15, -0.1) is 0 Å². The number of hydrogen-bond donors (Lipinski definition) is 1. The lowest BCUT2D eigenvalue weighted by atomic mass is 9.98. The SMILES string of the molecule is CC(=O)CCCc1ccc2c(c1)-c1ccccc1S2(=O)=O.CCc1ccc2c(c1)-c1cc(CCCC(=O)O)ccc1S2(=O)=O. The molecule has 4 aromatic rings. The maximum Gasteiger partial charge on any atom is 0.303 e. The van der Waals surface area contributed by atoms with Crippen LogP contribution in [0.3, 0.4) is 0 Å². The Morgan fingerprint density at radius 1 is 0.591 bits per heavy atom. The van der Waals surface area contributed by atoms with Gasteiger partial charge in [0, 0.05) is 35.1 Å². The zero-order chi connectivity index (χ0) is 31.6. The van der Waals surface area contributed by atoms with E-state index in [1.165, 1.54) is 0 Å². The molecule has 6 rings (SSSR count). The number of fused-ring (bicyclic) bond motifs is 6. The summed E-state index contributed by atoms with van der Waals surface area (Å²) < 4.78 is 50.1. The second-order valence-corrected chi connectivity index (χ2v) is 14.9. The van der Waals surface area contributed by atoms with Crippen molar-refractivity contribution < 1.29 is 31.5 Å². The topological polar surface area (TPSA) is 123 Å². The van der Waals surface area contributed by atoms with Crippen molar-refractivity contribution in [3.63, 3.8) is 0 Å². The van der Waals surface area contributed by atoms with Crippen molar-refractivity contribution in [3.05, 3.63) is 95.6 Å². The number of carbonyl (C=O) groups excluding carboxylic acids is 1. The number of hydrogen-bond acceptors (Lipinski definition) is 6. The van der Waals surface area contributed by atoms with Gasteiger partial charge in [-0.05, 0) is 98.2 Å². The molecule has 7 nitrogen and oxygen atoms in total. The van der Waals surface area contributed by atoms with Crippen LogP contribution in [0.1, 0.15) is 56.2 Å². The van der Waals surface area contributed by atoms with E-state index >= 15 is 0 Å². The lowest BCUT2D eigenvalue weighted by Gasteiger charge is -2.05. The third-order valence-electron chi connectivity index (χ3n) is 8.02. The summed E-state index contributed by atoms with van der Waals surface area (Å²) in [5, 5.41) is 8.72. The van der Waals surface area contributed by atoms with Gasteiger partial charge in [-0.2, -0.15) is 0 Å². The number of benzene rings is 4. The predicted octanol–water partition coefficient (Wildman–Crippen LogP) is 6.88. The number of sulfone groups is 2. The fourth-order valence-corrected chi connectivity index (χ4v) is 9.06. The fourth-order valence-electron chi connectivity index (χ4n) is 5.74. The summed E-state index contributed by atoms with van der Waals surface area (Å²) in [6.07, 6.45) is 4.28. The summed E-state index contributed by atoms with van der Waals surface area (Å²) in [6, 6.07) is 23.4. The average molecular weight is 631 g/mol. The standard InChI is InChI=1S/C18H18O4S.C17H16O3S/c1-2-12-6-8-16-14(10-12)15-11-13(4-3-5-18(19)20)7-9-17(15)23(16,21)22;1-12(18)5-4-6-13-9-10-17-15(11-13)14-7-2-3-8-16(14)21(17,19)20/h6-11H,2-5H2,1H3,(H,19,20);2-3,7-11H,4-6H2,1H3. The number of aliphatic carboxylic acids is 1. The van der Waals surface area contributed by atoms with Gasteiger partial charge in [-0.25, -0.2) is 16.8 Å². The van der Waals surface area contributed by atoms with E-state index in [1.807, 2.05) is 49.4 Å². The minimum Gasteiger partial charge on any atom is -0.481 e. The molecule has 0 bridgehead atoms. The van der Waals surface area contributed by atoms with E-state index in [2.05, 4.69) is 0 Å². The first-order chi connectivity index (χ1) is 20.9. The Morgan fingerprint density at radius 2 is 1.02 bits per heavy atom. The van der Waals surface area contributed by atoms with Gasteiger partial charge >= 0.3 is 5.97 Å². The summed E-state index contributed by atoms with van der Waals surface area (Å²) >= 11 is 0. The zero-order valence-corrected chi connectivity index (χ0v) is 26.3.